The fourth-order valence-corrected chi connectivity index (χ4v) is 1.02. The number of nitrogens with zero attached hydrogens (tertiary/aromatic N) is 2. The predicted molar refractivity (Wildman–Crippen MR) is 53.1 cm³/mol. The van der Waals surface area contributed by atoms with Crippen LogP contribution in [0, 0.1) is 0 Å². The van der Waals surface area contributed by atoms with Crippen molar-refractivity contribution < 1.29 is 0 Å². The summed E-state index contributed by atoms with van der Waals surface area (Å²) in [4.78, 5) is 7.80. The molecule has 1 aromatic heterocycles. The van der Waals surface area contributed by atoms with E-state index in [0.717, 1.165) is 11.1 Å². The van der Waals surface area contributed by atoms with Crippen molar-refractivity contribution in [3.63, 3.8) is 0 Å². The Hall–Kier alpha value is -1.15. The van der Waals surface area contributed by atoms with Gasteiger partial charge in [0.05, 0.1) is 0 Å². The Labute approximate surface area is 76.6 Å². The minimum absolute atomic E-state index is 0.450. The first-order valence-corrected chi connectivity index (χ1v) is 3.99. The molecule has 0 saturated carbocycles. The van der Waals surface area contributed by atoms with Crippen molar-refractivity contribution in [2.45, 2.75) is 5.88 Å². The summed E-state index contributed by atoms with van der Waals surface area (Å²) in [5.74, 6) is 1.05. The van der Waals surface area contributed by atoms with Crippen LogP contribution < -0.4 is 0 Å². The average molecular weight is 181 g/mol. The number of hydrogen-bond acceptors (Lipinski definition) is 2. The highest BCUT2D eigenvalue weighted by molar-refractivity contribution is 6.17. The highest BCUT2D eigenvalue weighted by Gasteiger charge is 1.99. The Morgan fingerprint density at radius 2 is 2.42 bits per heavy atom. The minimum atomic E-state index is 0.450. The van der Waals surface area contributed by atoms with Crippen molar-refractivity contribution in [1.29, 1.82) is 0 Å². The van der Waals surface area contributed by atoms with Crippen molar-refractivity contribution in [2.24, 2.45) is 4.99 Å². The van der Waals surface area contributed by atoms with Crippen LogP contribution >= 0.6 is 11.6 Å². The van der Waals surface area contributed by atoms with Gasteiger partial charge in [-0.05, 0) is 18.3 Å². The van der Waals surface area contributed by atoms with Crippen LogP contribution in [-0.4, -0.2) is 11.7 Å². The maximum atomic E-state index is 5.63. The van der Waals surface area contributed by atoms with Gasteiger partial charge in [-0.3, -0.25) is 0 Å². The van der Waals surface area contributed by atoms with E-state index in [1.54, 1.807) is 12.3 Å². The van der Waals surface area contributed by atoms with E-state index < -0.39 is 0 Å². The lowest BCUT2D eigenvalue weighted by Crippen LogP contribution is -1.84. The average Bonchev–Trinajstić information content (AvgIpc) is 2.16. The zero-order chi connectivity index (χ0) is 8.97. The quantitative estimate of drug-likeness (QED) is 0.519. The zero-order valence-electron chi connectivity index (χ0n) is 6.63. The summed E-state index contributed by atoms with van der Waals surface area (Å²) in [6.07, 6.45) is 3.37. The molecule has 0 aromatic carbocycles. The Balaban J connectivity index is 3.18. The van der Waals surface area contributed by atoms with Gasteiger partial charge in [-0.2, -0.15) is 0 Å². The van der Waals surface area contributed by atoms with Crippen LogP contribution in [0.2, 0.25) is 0 Å². The summed E-state index contributed by atoms with van der Waals surface area (Å²) in [6.45, 7) is 7.05. The van der Waals surface area contributed by atoms with Gasteiger partial charge in [-0.1, -0.05) is 12.7 Å². The van der Waals surface area contributed by atoms with Gasteiger partial charge >= 0.3 is 0 Å². The zero-order valence-corrected chi connectivity index (χ0v) is 7.38. The van der Waals surface area contributed by atoms with E-state index in [4.69, 9.17) is 11.6 Å². The normalized spacial score (nSPS) is 9.42. The van der Waals surface area contributed by atoms with Crippen molar-refractivity contribution >= 4 is 30.2 Å². The molecule has 0 aliphatic heterocycles. The number of aromatic nitrogens is 1. The fraction of sp³-hybridized carbons (Fsp3) is 0.111. The van der Waals surface area contributed by atoms with E-state index in [-0.39, 0.29) is 0 Å². The van der Waals surface area contributed by atoms with Crippen molar-refractivity contribution in [2.75, 3.05) is 0 Å². The Bertz CT molecular complexity index is 307. The highest BCUT2D eigenvalue weighted by Crippen LogP contribution is 2.18. The van der Waals surface area contributed by atoms with Gasteiger partial charge in [0.15, 0.2) is 5.82 Å². The monoisotopic (exact) mass is 180 g/mol. The minimum Gasteiger partial charge on any atom is -0.245 e. The molecule has 0 unspecified atom stereocenters. The molecule has 0 N–H and O–H groups in total. The number of pyridine rings is 1. The second kappa shape index (κ2) is 4.02. The van der Waals surface area contributed by atoms with Crippen LogP contribution in [0.25, 0.3) is 6.08 Å². The van der Waals surface area contributed by atoms with E-state index >= 15 is 0 Å². The maximum absolute atomic E-state index is 5.63. The highest BCUT2D eigenvalue weighted by atomic mass is 35.5. The molecule has 3 heteroatoms. The smallest absolute Gasteiger partial charge is 0.158 e. The molecule has 1 rings (SSSR count). The fourth-order valence-electron chi connectivity index (χ4n) is 0.876. The summed E-state index contributed by atoms with van der Waals surface area (Å²) >= 11 is 5.63. The van der Waals surface area contributed by atoms with Gasteiger partial charge in [-0.15, -0.1) is 11.6 Å². The molecule has 12 heavy (non-hydrogen) atoms. The number of alkyl halides is 1. The molecule has 2 nitrogen and oxygen atoms in total. The van der Waals surface area contributed by atoms with Gasteiger partial charge in [0.2, 0.25) is 0 Å². The van der Waals surface area contributed by atoms with E-state index in [0.29, 0.717) is 11.7 Å². The molecule has 1 aromatic rings. The third kappa shape index (κ3) is 1.71. The van der Waals surface area contributed by atoms with Crippen LogP contribution in [0.5, 0.6) is 0 Å². The molecule has 1 heterocycles. The van der Waals surface area contributed by atoms with E-state index in [1.165, 1.54) is 0 Å². The molecular weight excluding hydrogens is 172 g/mol. The Morgan fingerprint density at radius 3 is 2.92 bits per heavy atom. The predicted octanol–water partition coefficient (Wildman–Crippen LogP) is 2.80. The summed E-state index contributed by atoms with van der Waals surface area (Å²) in [7, 11) is 0. The lowest BCUT2D eigenvalue weighted by atomic mass is 10.2. The van der Waals surface area contributed by atoms with Crippen LogP contribution in [0.15, 0.2) is 23.8 Å². The van der Waals surface area contributed by atoms with Gasteiger partial charge < -0.3 is 0 Å². The first-order chi connectivity index (χ1) is 5.81. The second-order valence-corrected chi connectivity index (χ2v) is 2.52. The van der Waals surface area contributed by atoms with E-state index in [2.05, 4.69) is 23.3 Å². The largest absolute Gasteiger partial charge is 0.245 e. The van der Waals surface area contributed by atoms with E-state index in [1.807, 2.05) is 6.07 Å². The summed E-state index contributed by atoms with van der Waals surface area (Å²) in [5, 5.41) is 0. The van der Waals surface area contributed by atoms with Crippen molar-refractivity contribution in [3.8, 4) is 0 Å². The maximum Gasteiger partial charge on any atom is 0.158 e. The molecular formula is C9H9ClN2. The molecule has 62 valence electrons. The standard InChI is InChI=1S/C9H9ClN2/c1-3-8-4-7(5-10)6-12-9(8)11-2/h3-4,6H,1-2,5H2. The van der Waals surface area contributed by atoms with Crippen LogP contribution in [0.1, 0.15) is 11.1 Å². The first-order valence-electron chi connectivity index (χ1n) is 3.46. The van der Waals surface area contributed by atoms with Crippen molar-refractivity contribution in [1.82, 2.24) is 4.98 Å². The summed E-state index contributed by atoms with van der Waals surface area (Å²) in [5.41, 5.74) is 1.82. The molecule has 0 amide bonds. The lowest BCUT2D eigenvalue weighted by Gasteiger charge is -2.00. The number of hydrogen-bond donors (Lipinski definition) is 0. The third-order valence-corrected chi connectivity index (χ3v) is 1.78. The third-order valence-electron chi connectivity index (χ3n) is 1.48. The topological polar surface area (TPSA) is 25.2 Å². The van der Waals surface area contributed by atoms with Gasteiger partial charge in [0.25, 0.3) is 0 Å². The molecule has 0 spiro atoms. The number of rotatable bonds is 3. The van der Waals surface area contributed by atoms with Crippen molar-refractivity contribution in [3.05, 3.63) is 30.0 Å². The summed E-state index contributed by atoms with van der Waals surface area (Å²) < 4.78 is 0. The molecule has 0 fully saturated rings. The molecule has 0 bridgehead atoms. The van der Waals surface area contributed by atoms with Gasteiger partial charge in [0, 0.05) is 17.6 Å². The van der Waals surface area contributed by atoms with E-state index in [9.17, 15) is 0 Å². The first kappa shape index (κ1) is 8.94. The number of halogens is 1. The SMILES string of the molecule is C=Cc1cc(CCl)cnc1N=C. The van der Waals surface area contributed by atoms with Crippen LogP contribution in [0.4, 0.5) is 5.82 Å². The lowest BCUT2D eigenvalue weighted by molar-refractivity contribution is 1.21. The Morgan fingerprint density at radius 1 is 1.67 bits per heavy atom. The van der Waals surface area contributed by atoms with Gasteiger partial charge in [0.1, 0.15) is 0 Å². The summed E-state index contributed by atoms with van der Waals surface area (Å²) in [6, 6.07) is 1.90. The molecule has 0 aliphatic carbocycles. The molecule has 0 radical (unpaired) electrons. The van der Waals surface area contributed by atoms with Crippen LogP contribution in [-0.2, 0) is 5.88 Å². The van der Waals surface area contributed by atoms with Gasteiger partial charge in [-0.25, -0.2) is 9.98 Å². The molecule has 0 atom stereocenters. The van der Waals surface area contributed by atoms with Crippen LogP contribution in [0.3, 0.4) is 0 Å². The Kier molecular flexibility index (Phi) is 3.00. The second-order valence-electron chi connectivity index (χ2n) is 2.25. The molecule has 0 saturated heterocycles. The molecule has 0 aliphatic rings. The number of aliphatic imine (C=N–C) groups is 1.